The number of rotatable bonds is 6. The van der Waals surface area contributed by atoms with Gasteiger partial charge in [-0.05, 0) is 20.3 Å². The number of aromatic nitrogens is 1. The Morgan fingerprint density at radius 3 is 2.59 bits per heavy atom. The molecule has 17 heavy (non-hydrogen) atoms. The van der Waals surface area contributed by atoms with Crippen LogP contribution in [0.5, 0.6) is 0 Å². The predicted molar refractivity (Wildman–Crippen MR) is 63.6 cm³/mol. The Bertz CT molecular complexity index is 507. The second-order valence-electron chi connectivity index (χ2n) is 3.50. The van der Waals surface area contributed by atoms with Crippen molar-refractivity contribution in [3.8, 4) is 0 Å². The van der Waals surface area contributed by atoms with Crippen molar-refractivity contribution in [2.24, 2.45) is 0 Å². The average Bonchev–Trinajstić information content (AvgIpc) is 2.53. The number of carbonyl (C=O) groups is 1. The van der Waals surface area contributed by atoms with Gasteiger partial charge in [-0.15, -0.1) is 11.3 Å². The van der Waals surface area contributed by atoms with E-state index in [-0.39, 0.29) is 23.6 Å². The molecule has 2 N–H and O–H groups in total. The van der Waals surface area contributed by atoms with Crippen molar-refractivity contribution in [2.45, 2.75) is 30.9 Å². The van der Waals surface area contributed by atoms with E-state index in [4.69, 9.17) is 5.11 Å². The molecule has 0 saturated heterocycles. The van der Waals surface area contributed by atoms with Gasteiger partial charge in [-0.1, -0.05) is 0 Å². The fourth-order valence-electron chi connectivity index (χ4n) is 1.27. The third kappa shape index (κ3) is 4.06. The van der Waals surface area contributed by atoms with Crippen LogP contribution >= 0.6 is 11.3 Å². The lowest BCUT2D eigenvalue weighted by molar-refractivity contribution is -0.137. The molecule has 1 aromatic heterocycles. The zero-order chi connectivity index (χ0) is 13.1. The van der Waals surface area contributed by atoms with E-state index in [1.54, 1.807) is 13.8 Å². The lowest BCUT2D eigenvalue weighted by Crippen LogP contribution is -2.25. The van der Waals surface area contributed by atoms with Gasteiger partial charge in [0.2, 0.25) is 0 Å². The number of thiazole rings is 1. The van der Waals surface area contributed by atoms with Crippen LogP contribution in [-0.4, -0.2) is 31.0 Å². The molecule has 0 aromatic carbocycles. The third-order valence-corrected chi connectivity index (χ3v) is 5.11. The molecule has 0 unspecified atom stereocenters. The van der Waals surface area contributed by atoms with E-state index < -0.39 is 16.0 Å². The van der Waals surface area contributed by atoms with Gasteiger partial charge in [0.25, 0.3) is 10.0 Å². The Morgan fingerprint density at radius 2 is 2.12 bits per heavy atom. The highest BCUT2D eigenvalue weighted by molar-refractivity contribution is 7.91. The molecule has 8 heteroatoms. The Morgan fingerprint density at radius 1 is 1.47 bits per heavy atom. The van der Waals surface area contributed by atoms with Crippen molar-refractivity contribution in [3.05, 3.63) is 10.7 Å². The molecule has 0 amide bonds. The largest absolute Gasteiger partial charge is 0.481 e. The number of hydrogen-bond acceptors (Lipinski definition) is 5. The highest BCUT2D eigenvalue weighted by Gasteiger charge is 2.20. The molecule has 1 heterocycles. The highest BCUT2D eigenvalue weighted by atomic mass is 32.2. The Balaban J connectivity index is 2.63. The van der Waals surface area contributed by atoms with Crippen LogP contribution in [0, 0.1) is 13.8 Å². The molecule has 1 aromatic rings. The second kappa shape index (κ2) is 5.56. The van der Waals surface area contributed by atoms with Gasteiger partial charge in [-0.25, -0.2) is 18.1 Å². The van der Waals surface area contributed by atoms with Gasteiger partial charge in [-0.3, -0.25) is 4.79 Å². The first-order chi connectivity index (χ1) is 7.83. The number of aryl methyl sites for hydroxylation is 2. The van der Waals surface area contributed by atoms with Crippen molar-refractivity contribution < 1.29 is 18.3 Å². The number of nitrogens with one attached hydrogen (secondary N) is 1. The van der Waals surface area contributed by atoms with Crippen molar-refractivity contribution >= 4 is 27.3 Å². The first-order valence-electron chi connectivity index (χ1n) is 4.98. The van der Waals surface area contributed by atoms with Gasteiger partial charge < -0.3 is 5.11 Å². The summed E-state index contributed by atoms with van der Waals surface area (Å²) >= 11 is 1.11. The summed E-state index contributed by atoms with van der Waals surface area (Å²) in [6.07, 6.45) is 0.217. The van der Waals surface area contributed by atoms with Crippen LogP contribution < -0.4 is 4.72 Å². The molecular formula is C9H14N2O4S2. The molecule has 0 atom stereocenters. The number of carboxylic acid groups (broad SMARTS) is 1. The van der Waals surface area contributed by atoms with Crippen molar-refractivity contribution in [3.63, 3.8) is 0 Å². The summed E-state index contributed by atoms with van der Waals surface area (Å²) < 4.78 is 26.2. The highest BCUT2D eigenvalue weighted by Crippen LogP contribution is 2.22. The van der Waals surface area contributed by atoms with Gasteiger partial charge in [0.05, 0.1) is 10.7 Å². The molecule has 0 saturated carbocycles. The maximum Gasteiger partial charge on any atom is 0.303 e. The van der Waals surface area contributed by atoms with E-state index in [1.807, 2.05) is 0 Å². The van der Waals surface area contributed by atoms with Crippen LogP contribution in [0.1, 0.15) is 23.5 Å². The van der Waals surface area contributed by atoms with Crippen LogP contribution in [0.3, 0.4) is 0 Å². The molecule has 0 aliphatic heterocycles. The Kier molecular flexibility index (Phi) is 4.61. The molecule has 0 spiro atoms. The molecular weight excluding hydrogens is 264 g/mol. The second-order valence-corrected chi connectivity index (χ2v) is 6.67. The maximum atomic E-state index is 11.8. The number of nitrogens with zero attached hydrogens (tertiary/aromatic N) is 1. The van der Waals surface area contributed by atoms with E-state index in [1.165, 1.54) is 0 Å². The summed E-state index contributed by atoms with van der Waals surface area (Å²) in [7, 11) is -3.55. The van der Waals surface area contributed by atoms with Crippen molar-refractivity contribution in [2.75, 3.05) is 6.54 Å². The summed E-state index contributed by atoms with van der Waals surface area (Å²) in [6.45, 7) is 3.49. The normalized spacial score (nSPS) is 11.6. The monoisotopic (exact) mass is 278 g/mol. The minimum absolute atomic E-state index is 0.0524. The van der Waals surface area contributed by atoms with E-state index in [2.05, 4.69) is 9.71 Å². The van der Waals surface area contributed by atoms with Crippen molar-refractivity contribution in [1.29, 1.82) is 0 Å². The SMILES string of the molecule is Cc1nc(C)c(S(=O)(=O)NCCCC(=O)O)s1. The minimum atomic E-state index is -3.55. The van der Waals surface area contributed by atoms with Gasteiger partial charge in [0.15, 0.2) is 4.21 Å². The Hall–Kier alpha value is -0.990. The fourth-order valence-corrected chi connectivity index (χ4v) is 3.87. The van der Waals surface area contributed by atoms with Crippen LogP contribution in [0.25, 0.3) is 0 Å². The topological polar surface area (TPSA) is 96.4 Å². The summed E-state index contributed by atoms with van der Waals surface area (Å²) in [5, 5.41) is 9.11. The smallest absolute Gasteiger partial charge is 0.303 e. The summed E-state index contributed by atoms with van der Waals surface area (Å²) in [5.41, 5.74) is 0.471. The van der Waals surface area contributed by atoms with Crippen molar-refractivity contribution in [1.82, 2.24) is 9.71 Å². The fraction of sp³-hybridized carbons (Fsp3) is 0.556. The quantitative estimate of drug-likeness (QED) is 0.754. The van der Waals surface area contributed by atoms with E-state index in [9.17, 15) is 13.2 Å². The van der Waals surface area contributed by atoms with Gasteiger partial charge in [0.1, 0.15) is 0 Å². The van der Waals surface area contributed by atoms with Gasteiger partial charge >= 0.3 is 5.97 Å². The van der Waals surface area contributed by atoms with E-state index in [0.29, 0.717) is 10.7 Å². The summed E-state index contributed by atoms with van der Waals surface area (Å²) in [4.78, 5) is 14.3. The number of carboxylic acids is 1. The van der Waals surface area contributed by atoms with Crippen LogP contribution in [0.2, 0.25) is 0 Å². The summed E-state index contributed by atoms with van der Waals surface area (Å²) in [6, 6.07) is 0. The zero-order valence-corrected chi connectivity index (χ0v) is 11.2. The first-order valence-corrected chi connectivity index (χ1v) is 7.28. The van der Waals surface area contributed by atoms with E-state index >= 15 is 0 Å². The molecule has 0 fully saturated rings. The third-order valence-electron chi connectivity index (χ3n) is 1.96. The van der Waals surface area contributed by atoms with Crippen LogP contribution in [0.15, 0.2) is 4.21 Å². The molecule has 0 radical (unpaired) electrons. The molecule has 1 rings (SSSR count). The first kappa shape index (κ1) is 14.1. The average molecular weight is 278 g/mol. The van der Waals surface area contributed by atoms with Crippen LogP contribution in [-0.2, 0) is 14.8 Å². The minimum Gasteiger partial charge on any atom is -0.481 e. The Labute approximate surface area is 104 Å². The molecule has 6 nitrogen and oxygen atoms in total. The number of hydrogen-bond donors (Lipinski definition) is 2. The molecule has 0 bridgehead atoms. The lowest BCUT2D eigenvalue weighted by Gasteiger charge is -2.03. The maximum absolute atomic E-state index is 11.8. The molecule has 0 aliphatic carbocycles. The van der Waals surface area contributed by atoms with Gasteiger partial charge in [-0.2, -0.15) is 0 Å². The zero-order valence-electron chi connectivity index (χ0n) is 9.56. The summed E-state index contributed by atoms with van der Waals surface area (Å²) in [5.74, 6) is -0.936. The number of aliphatic carboxylic acids is 1. The predicted octanol–water partition coefficient (Wildman–Crippen LogP) is 0.903. The number of sulfonamides is 1. The standard InChI is InChI=1S/C9H14N2O4S2/c1-6-9(16-7(2)11-6)17(14,15)10-5-3-4-8(12)13/h10H,3-5H2,1-2H3,(H,12,13). The van der Waals surface area contributed by atoms with Gasteiger partial charge in [0, 0.05) is 13.0 Å². The molecule has 0 aliphatic rings. The van der Waals surface area contributed by atoms with Crippen LogP contribution in [0.4, 0.5) is 0 Å². The molecule has 96 valence electrons. The van der Waals surface area contributed by atoms with E-state index in [0.717, 1.165) is 11.3 Å². The lowest BCUT2D eigenvalue weighted by atomic mass is 10.3.